The molecule has 1 aromatic rings. The van der Waals surface area contributed by atoms with Gasteiger partial charge in [-0.1, -0.05) is 18.2 Å². The van der Waals surface area contributed by atoms with E-state index >= 15 is 0 Å². The molecular formula is C10H11N3. The highest BCUT2D eigenvalue weighted by Gasteiger charge is 2.13. The van der Waals surface area contributed by atoms with E-state index in [1.165, 1.54) is 0 Å². The van der Waals surface area contributed by atoms with Crippen LogP contribution < -0.4 is 0 Å². The van der Waals surface area contributed by atoms with Crippen molar-refractivity contribution >= 4 is 5.69 Å². The van der Waals surface area contributed by atoms with Crippen LogP contribution in [0.4, 0.5) is 5.69 Å². The Morgan fingerprint density at radius 3 is 2.38 bits per heavy atom. The Hall–Kier alpha value is -1.69. The molecule has 0 radical (unpaired) electrons. The lowest BCUT2D eigenvalue weighted by Gasteiger charge is -2.04. The number of nitrogens with zero attached hydrogens (tertiary/aromatic N) is 3. The normalized spacial score (nSPS) is 11.5. The van der Waals surface area contributed by atoms with Crippen LogP contribution in [-0.2, 0) is 0 Å². The van der Waals surface area contributed by atoms with Gasteiger partial charge in [-0.25, -0.2) is 0 Å². The van der Waals surface area contributed by atoms with Crippen LogP contribution in [0.15, 0.2) is 40.6 Å². The minimum absolute atomic E-state index is 0.740. The van der Waals surface area contributed by atoms with Gasteiger partial charge in [-0.3, -0.25) is 0 Å². The van der Waals surface area contributed by atoms with Crippen LogP contribution in [0.3, 0.4) is 0 Å². The summed E-state index contributed by atoms with van der Waals surface area (Å²) in [6, 6.07) is 11.4. The molecule has 3 nitrogen and oxygen atoms in total. The van der Waals surface area contributed by atoms with E-state index in [2.05, 4.69) is 16.3 Å². The second-order valence-electron chi connectivity index (χ2n) is 3.21. The van der Waals surface area contributed by atoms with E-state index in [9.17, 15) is 0 Å². The van der Waals surface area contributed by atoms with E-state index in [-0.39, 0.29) is 0 Å². The molecule has 0 spiro atoms. The highest BCUT2D eigenvalue weighted by atomic mass is 15.1. The second-order valence-corrected chi connectivity index (χ2v) is 3.21. The molecule has 0 aliphatic carbocycles. The molecule has 0 saturated carbocycles. The Kier molecular flexibility index (Phi) is 2.76. The van der Waals surface area contributed by atoms with Crippen LogP contribution in [0, 0.1) is 11.3 Å². The number of nitriles is 1. The van der Waals surface area contributed by atoms with Crippen LogP contribution >= 0.6 is 0 Å². The first-order chi connectivity index (χ1) is 6.14. The molecule has 0 aromatic heterocycles. The van der Waals surface area contributed by atoms with E-state index < -0.39 is 5.54 Å². The Morgan fingerprint density at radius 2 is 1.85 bits per heavy atom. The number of benzene rings is 1. The van der Waals surface area contributed by atoms with Gasteiger partial charge in [0.2, 0.25) is 0 Å². The summed E-state index contributed by atoms with van der Waals surface area (Å²) in [6.45, 7) is 3.44. The molecule has 0 aliphatic heterocycles. The van der Waals surface area contributed by atoms with Crippen molar-refractivity contribution in [1.82, 2.24) is 0 Å². The Bertz CT molecular complexity index is 333. The quantitative estimate of drug-likeness (QED) is 0.634. The highest BCUT2D eigenvalue weighted by Crippen LogP contribution is 2.15. The molecule has 13 heavy (non-hydrogen) atoms. The summed E-state index contributed by atoms with van der Waals surface area (Å²) in [7, 11) is 0. The summed E-state index contributed by atoms with van der Waals surface area (Å²) >= 11 is 0. The lowest BCUT2D eigenvalue weighted by atomic mass is 10.1. The summed E-state index contributed by atoms with van der Waals surface area (Å²) < 4.78 is 0. The van der Waals surface area contributed by atoms with Crippen molar-refractivity contribution in [2.45, 2.75) is 19.4 Å². The zero-order chi connectivity index (χ0) is 9.73. The van der Waals surface area contributed by atoms with Crippen molar-refractivity contribution in [3.05, 3.63) is 30.3 Å². The second kappa shape index (κ2) is 3.81. The predicted molar refractivity (Wildman–Crippen MR) is 50.7 cm³/mol. The third-order valence-corrected chi connectivity index (χ3v) is 1.45. The van der Waals surface area contributed by atoms with Crippen molar-refractivity contribution in [2.24, 2.45) is 10.2 Å². The van der Waals surface area contributed by atoms with Gasteiger partial charge in [-0.2, -0.15) is 15.5 Å². The fraction of sp³-hybridized carbons (Fsp3) is 0.300. The van der Waals surface area contributed by atoms with E-state index in [0.717, 1.165) is 5.69 Å². The van der Waals surface area contributed by atoms with Crippen LogP contribution in [0.5, 0.6) is 0 Å². The fourth-order valence-electron chi connectivity index (χ4n) is 0.700. The number of hydrogen-bond donors (Lipinski definition) is 0. The third kappa shape index (κ3) is 3.04. The minimum Gasteiger partial charge on any atom is -0.196 e. The van der Waals surface area contributed by atoms with Gasteiger partial charge in [0.1, 0.15) is 0 Å². The van der Waals surface area contributed by atoms with Crippen LogP contribution in [0.2, 0.25) is 0 Å². The van der Waals surface area contributed by atoms with Crippen molar-refractivity contribution in [1.29, 1.82) is 5.26 Å². The zero-order valence-corrected chi connectivity index (χ0v) is 7.73. The van der Waals surface area contributed by atoms with Crippen molar-refractivity contribution in [3.63, 3.8) is 0 Å². The smallest absolute Gasteiger partial charge is 0.162 e. The van der Waals surface area contributed by atoms with E-state index in [4.69, 9.17) is 5.26 Å². The largest absolute Gasteiger partial charge is 0.196 e. The highest BCUT2D eigenvalue weighted by molar-refractivity contribution is 5.34. The van der Waals surface area contributed by atoms with Gasteiger partial charge in [0, 0.05) is 0 Å². The Morgan fingerprint density at radius 1 is 1.23 bits per heavy atom. The lowest BCUT2D eigenvalue weighted by molar-refractivity contribution is 0.634. The zero-order valence-electron chi connectivity index (χ0n) is 7.73. The first kappa shape index (κ1) is 9.40. The van der Waals surface area contributed by atoms with Crippen molar-refractivity contribution in [3.8, 4) is 6.07 Å². The van der Waals surface area contributed by atoms with Gasteiger partial charge in [0.05, 0.1) is 11.8 Å². The molecular weight excluding hydrogens is 162 g/mol. The Labute approximate surface area is 77.7 Å². The topological polar surface area (TPSA) is 48.5 Å². The summed E-state index contributed by atoms with van der Waals surface area (Å²) in [5.41, 5.74) is 0.0290. The number of rotatable bonds is 2. The molecule has 0 amide bonds. The van der Waals surface area contributed by atoms with Gasteiger partial charge < -0.3 is 0 Å². The summed E-state index contributed by atoms with van der Waals surface area (Å²) in [5.74, 6) is 0. The molecule has 0 bridgehead atoms. The fourth-order valence-corrected chi connectivity index (χ4v) is 0.700. The van der Waals surface area contributed by atoms with Gasteiger partial charge >= 0.3 is 0 Å². The molecule has 0 unspecified atom stereocenters. The SMILES string of the molecule is CC(C)(C#N)N=Nc1ccccc1. The van der Waals surface area contributed by atoms with Crippen molar-refractivity contribution in [2.75, 3.05) is 0 Å². The monoisotopic (exact) mass is 173 g/mol. The molecule has 0 N–H and O–H groups in total. The lowest BCUT2D eigenvalue weighted by Crippen LogP contribution is -2.10. The van der Waals surface area contributed by atoms with Gasteiger partial charge in [0.15, 0.2) is 5.54 Å². The molecule has 0 fully saturated rings. The molecule has 0 atom stereocenters. The van der Waals surface area contributed by atoms with Gasteiger partial charge in [0.25, 0.3) is 0 Å². The van der Waals surface area contributed by atoms with Crippen LogP contribution in [0.25, 0.3) is 0 Å². The van der Waals surface area contributed by atoms with Crippen LogP contribution in [0.1, 0.15) is 13.8 Å². The first-order valence-electron chi connectivity index (χ1n) is 4.03. The van der Waals surface area contributed by atoms with E-state index in [0.29, 0.717) is 0 Å². The minimum atomic E-state index is -0.740. The van der Waals surface area contributed by atoms with Crippen molar-refractivity contribution < 1.29 is 0 Å². The van der Waals surface area contributed by atoms with Gasteiger partial charge in [-0.05, 0) is 26.0 Å². The summed E-state index contributed by atoms with van der Waals surface area (Å²) in [6.07, 6.45) is 0. The van der Waals surface area contributed by atoms with E-state index in [1.807, 2.05) is 30.3 Å². The number of hydrogen-bond acceptors (Lipinski definition) is 3. The van der Waals surface area contributed by atoms with Gasteiger partial charge in [-0.15, -0.1) is 0 Å². The number of azo groups is 1. The average Bonchev–Trinajstić information content (AvgIpc) is 2.17. The maximum atomic E-state index is 8.67. The molecule has 0 saturated heterocycles. The Balaban J connectivity index is 2.77. The van der Waals surface area contributed by atoms with E-state index in [1.54, 1.807) is 13.8 Å². The maximum absolute atomic E-state index is 8.67. The first-order valence-corrected chi connectivity index (χ1v) is 4.03. The summed E-state index contributed by atoms with van der Waals surface area (Å²) in [4.78, 5) is 0. The molecule has 1 rings (SSSR count). The molecule has 66 valence electrons. The molecule has 1 aromatic carbocycles. The maximum Gasteiger partial charge on any atom is 0.162 e. The predicted octanol–water partition coefficient (Wildman–Crippen LogP) is 3.07. The molecule has 0 heterocycles. The molecule has 0 aliphatic rings. The molecule has 3 heteroatoms. The third-order valence-electron chi connectivity index (χ3n) is 1.45. The average molecular weight is 173 g/mol. The standard InChI is InChI=1S/C10H11N3/c1-10(2,8-11)13-12-9-6-4-3-5-7-9/h3-7H,1-2H3. The summed E-state index contributed by atoms with van der Waals surface area (Å²) in [5, 5.41) is 16.5. The van der Waals surface area contributed by atoms with Crippen LogP contribution in [-0.4, -0.2) is 5.54 Å².